The molecule has 0 atom stereocenters. The van der Waals surface area contributed by atoms with Crippen LogP contribution in [-0.2, 0) is 9.84 Å². The fourth-order valence-corrected chi connectivity index (χ4v) is 2.61. The predicted octanol–water partition coefficient (Wildman–Crippen LogP) is 2.60. The number of sulfone groups is 1. The van der Waals surface area contributed by atoms with Crippen molar-refractivity contribution in [3.8, 4) is 0 Å². The number of nitro benzene ring substituents is 1. The third kappa shape index (κ3) is 4.20. The van der Waals surface area contributed by atoms with E-state index in [1.807, 2.05) is 0 Å². The minimum atomic E-state index is -3.62. The lowest BCUT2D eigenvalue weighted by Gasteiger charge is -2.09. The van der Waals surface area contributed by atoms with Crippen molar-refractivity contribution in [3.05, 3.63) is 28.3 Å². The monoisotopic (exact) mass is 286 g/mol. The van der Waals surface area contributed by atoms with Gasteiger partial charge in [0.1, 0.15) is 10.6 Å². The number of unbranched alkanes of at least 4 members (excludes halogenated alkanes) is 2. The highest BCUT2D eigenvalue weighted by Gasteiger charge is 2.25. The Morgan fingerprint density at radius 3 is 2.53 bits per heavy atom. The SMILES string of the molecule is CCCCCNc1cccc(S(C)(=O)=O)c1[N+](=O)[O-]. The van der Waals surface area contributed by atoms with Crippen LogP contribution in [0.3, 0.4) is 0 Å². The van der Waals surface area contributed by atoms with Crippen LogP contribution < -0.4 is 5.32 Å². The molecule has 0 aliphatic heterocycles. The van der Waals surface area contributed by atoms with E-state index in [0.29, 0.717) is 6.54 Å². The number of anilines is 1. The van der Waals surface area contributed by atoms with Gasteiger partial charge in [-0.2, -0.15) is 0 Å². The maximum absolute atomic E-state index is 11.6. The molecule has 0 radical (unpaired) electrons. The van der Waals surface area contributed by atoms with Gasteiger partial charge in [0.05, 0.1) is 4.92 Å². The summed E-state index contributed by atoms with van der Waals surface area (Å²) >= 11 is 0. The van der Waals surface area contributed by atoms with Gasteiger partial charge in [-0.25, -0.2) is 8.42 Å². The molecule has 0 saturated heterocycles. The second-order valence-corrected chi connectivity index (χ2v) is 6.30. The average molecular weight is 286 g/mol. The van der Waals surface area contributed by atoms with Gasteiger partial charge in [0.2, 0.25) is 0 Å². The van der Waals surface area contributed by atoms with Gasteiger partial charge in [0, 0.05) is 12.8 Å². The van der Waals surface area contributed by atoms with Crippen molar-refractivity contribution in [3.63, 3.8) is 0 Å². The average Bonchev–Trinajstić information content (AvgIpc) is 2.33. The molecule has 106 valence electrons. The van der Waals surface area contributed by atoms with E-state index in [1.54, 1.807) is 0 Å². The Morgan fingerprint density at radius 2 is 2.00 bits per heavy atom. The predicted molar refractivity (Wildman–Crippen MR) is 74.2 cm³/mol. The number of nitrogens with zero attached hydrogens (tertiary/aromatic N) is 1. The van der Waals surface area contributed by atoms with Crippen molar-refractivity contribution in [1.82, 2.24) is 0 Å². The Hall–Kier alpha value is -1.63. The molecular weight excluding hydrogens is 268 g/mol. The van der Waals surface area contributed by atoms with E-state index < -0.39 is 14.8 Å². The largest absolute Gasteiger partial charge is 0.379 e. The van der Waals surface area contributed by atoms with E-state index in [9.17, 15) is 18.5 Å². The summed E-state index contributed by atoms with van der Waals surface area (Å²) in [5, 5.41) is 14.0. The van der Waals surface area contributed by atoms with Gasteiger partial charge in [-0.05, 0) is 18.6 Å². The third-order valence-corrected chi connectivity index (χ3v) is 3.81. The van der Waals surface area contributed by atoms with Crippen LogP contribution in [0, 0.1) is 10.1 Å². The molecule has 6 nitrogen and oxygen atoms in total. The molecule has 0 unspecified atom stereocenters. The van der Waals surface area contributed by atoms with Gasteiger partial charge in [-0.15, -0.1) is 0 Å². The molecule has 0 aliphatic rings. The topological polar surface area (TPSA) is 89.3 Å². The molecule has 1 aromatic carbocycles. The molecule has 0 aliphatic carbocycles. The van der Waals surface area contributed by atoms with E-state index in [0.717, 1.165) is 25.5 Å². The summed E-state index contributed by atoms with van der Waals surface area (Å²) in [6.07, 6.45) is 3.92. The van der Waals surface area contributed by atoms with Crippen molar-refractivity contribution in [1.29, 1.82) is 0 Å². The third-order valence-electron chi connectivity index (χ3n) is 2.68. The maximum atomic E-state index is 11.6. The summed E-state index contributed by atoms with van der Waals surface area (Å²) < 4.78 is 23.1. The van der Waals surface area contributed by atoms with Gasteiger partial charge in [-0.1, -0.05) is 25.8 Å². The van der Waals surface area contributed by atoms with Crippen LogP contribution in [0.1, 0.15) is 26.2 Å². The van der Waals surface area contributed by atoms with E-state index in [4.69, 9.17) is 0 Å². The molecule has 1 N–H and O–H groups in total. The van der Waals surface area contributed by atoms with E-state index in [2.05, 4.69) is 12.2 Å². The number of hydrogen-bond acceptors (Lipinski definition) is 5. The first-order valence-corrected chi connectivity index (χ1v) is 7.98. The molecular formula is C12H18N2O4S. The summed E-state index contributed by atoms with van der Waals surface area (Å²) in [6, 6.07) is 4.29. The summed E-state index contributed by atoms with van der Waals surface area (Å²) in [5.74, 6) is 0. The Labute approximate surface area is 112 Å². The number of benzene rings is 1. The summed E-state index contributed by atoms with van der Waals surface area (Å²) in [4.78, 5) is 10.2. The van der Waals surface area contributed by atoms with Crippen LogP contribution in [0.15, 0.2) is 23.1 Å². The van der Waals surface area contributed by atoms with Crippen LogP contribution >= 0.6 is 0 Å². The number of nitrogens with one attached hydrogen (secondary N) is 1. The van der Waals surface area contributed by atoms with Gasteiger partial charge < -0.3 is 5.32 Å². The second-order valence-electron chi connectivity index (χ2n) is 4.32. The molecule has 7 heteroatoms. The van der Waals surface area contributed by atoms with Crippen molar-refractivity contribution in [2.75, 3.05) is 18.1 Å². The second kappa shape index (κ2) is 6.51. The number of rotatable bonds is 7. The van der Waals surface area contributed by atoms with Crippen LogP contribution in [0.5, 0.6) is 0 Å². The van der Waals surface area contributed by atoms with Gasteiger partial charge in [0.15, 0.2) is 9.84 Å². The Balaban J connectivity index is 3.08. The van der Waals surface area contributed by atoms with E-state index in [-0.39, 0.29) is 16.3 Å². The quantitative estimate of drug-likeness (QED) is 0.473. The maximum Gasteiger partial charge on any atom is 0.310 e. The highest BCUT2D eigenvalue weighted by atomic mass is 32.2. The first kappa shape index (κ1) is 15.4. The van der Waals surface area contributed by atoms with Crippen LogP contribution in [0.25, 0.3) is 0 Å². The molecule has 0 bridgehead atoms. The highest BCUT2D eigenvalue weighted by molar-refractivity contribution is 7.90. The van der Waals surface area contributed by atoms with Crippen molar-refractivity contribution < 1.29 is 13.3 Å². The number of hydrogen-bond donors (Lipinski definition) is 1. The lowest BCUT2D eigenvalue weighted by molar-refractivity contribution is -0.386. The lowest BCUT2D eigenvalue weighted by atomic mass is 10.2. The normalized spacial score (nSPS) is 11.3. The Bertz CT molecular complexity index is 555. The van der Waals surface area contributed by atoms with Crippen molar-refractivity contribution in [2.45, 2.75) is 31.1 Å². The molecule has 0 aromatic heterocycles. The van der Waals surface area contributed by atoms with Crippen molar-refractivity contribution >= 4 is 21.2 Å². The minimum Gasteiger partial charge on any atom is -0.379 e. The zero-order valence-electron chi connectivity index (χ0n) is 11.0. The highest BCUT2D eigenvalue weighted by Crippen LogP contribution is 2.31. The summed E-state index contributed by atoms with van der Waals surface area (Å²) in [5.41, 5.74) is -0.120. The lowest BCUT2D eigenvalue weighted by Crippen LogP contribution is -2.08. The first-order chi connectivity index (χ1) is 8.88. The fraction of sp³-hybridized carbons (Fsp3) is 0.500. The zero-order valence-corrected chi connectivity index (χ0v) is 11.9. The molecule has 0 saturated carbocycles. The first-order valence-electron chi connectivity index (χ1n) is 6.09. The Morgan fingerprint density at radius 1 is 1.32 bits per heavy atom. The fourth-order valence-electron chi connectivity index (χ4n) is 1.75. The van der Waals surface area contributed by atoms with Gasteiger partial charge >= 0.3 is 5.69 Å². The van der Waals surface area contributed by atoms with E-state index in [1.165, 1.54) is 18.2 Å². The molecule has 1 rings (SSSR count). The number of para-hydroxylation sites is 1. The van der Waals surface area contributed by atoms with E-state index >= 15 is 0 Å². The molecule has 19 heavy (non-hydrogen) atoms. The van der Waals surface area contributed by atoms with Gasteiger partial charge in [0.25, 0.3) is 0 Å². The summed E-state index contributed by atoms with van der Waals surface area (Å²) in [6.45, 7) is 2.65. The molecule has 0 amide bonds. The summed E-state index contributed by atoms with van der Waals surface area (Å²) in [7, 11) is -3.62. The Kier molecular flexibility index (Phi) is 5.29. The minimum absolute atomic E-state index is 0.252. The smallest absolute Gasteiger partial charge is 0.310 e. The standard InChI is InChI=1S/C12H18N2O4S/c1-3-4-5-9-13-10-7-6-8-11(19(2,17)18)12(10)14(15)16/h6-8,13H,3-5,9H2,1-2H3. The number of nitro groups is 1. The molecule has 0 heterocycles. The van der Waals surface area contributed by atoms with Crippen LogP contribution in [0.2, 0.25) is 0 Å². The zero-order chi connectivity index (χ0) is 14.5. The van der Waals surface area contributed by atoms with Crippen molar-refractivity contribution in [2.24, 2.45) is 0 Å². The van der Waals surface area contributed by atoms with Gasteiger partial charge in [-0.3, -0.25) is 10.1 Å². The molecule has 0 fully saturated rings. The van der Waals surface area contributed by atoms with Crippen LogP contribution in [-0.4, -0.2) is 26.1 Å². The van der Waals surface area contributed by atoms with Crippen LogP contribution in [0.4, 0.5) is 11.4 Å². The molecule has 0 spiro atoms. The molecule has 1 aromatic rings.